The lowest BCUT2D eigenvalue weighted by Gasteiger charge is -2.10. The maximum atomic E-state index is 13.2. The molecule has 2 aromatic rings. The summed E-state index contributed by atoms with van der Waals surface area (Å²) >= 11 is 0. The van der Waals surface area contributed by atoms with E-state index in [1.807, 2.05) is 0 Å². The highest BCUT2D eigenvalue weighted by Gasteiger charge is 2.31. The molecule has 0 aliphatic heterocycles. The summed E-state index contributed by atoms with van der Waals surface area (Å²) in [6, 6.07) is 6.83. The van der Waals surface area contributed by atoms with Crippen LogP contribution in [0.3, 0.4) is 0 Å². The summed E-state index contributed by atoms with van der Waals surface area (Å²) in [4.78, 5) is 14.4. The minimum atomic E-state index is -4.85. The van der Waals surface area contributed by atoms with Crippen LogP contribution in [0.25, 0.3) is 11.3 Å². The number of carbonyl (C=O) groups is 1. The molecule has 1 aromatic heterocycles. The van der Waals surface area contributed by atoms with E-state index < -0.39 is 29.6 Å². The van der Waals surface area contributed by atoms with Gasteiger partial charge in [0.25, 0.3) is 0 Å². The molecule has 0 amide bonds. The SMILES string of the molecule is O=C(O)c1nc(-c2cccc(OC(F)(F)F)c2)ccc1F. The van der Waals surface area contributed by atoms with E-state index in [0.29, 0.717) is 0 Å². The molecule has 110 valence electrons. The molecule has 1 N–H and O–H groups in total. The Bertz CT molecular complexity index is 685. The molecule has 8 heteroatoms. The van der Waals surface area contributed by atoms with Crippen LogP contribution in [0, 0.1) is 5.82 Å². The van der Waals surface area contributed by atoms with Crippen molar-refractivity contribution in [2.45, 2.75) is 6.36 Å². The Morgan fingerprint density at radius 2 is 1.90 bits per heavy atom. The van der Waals surface area contributed by atoms with Crippen molar-refractivity contribution in [3.63, 3.8) is 0 Å². The van der Waals surface area contributed by atoms with E-state index in [4.69, 9.17) is 5.11 Å². The Balaban J connectivity index is 2.41. The van der Waals surface area contributed by atoms with Gasteiger partial charge in [-0.3, -0.25) is 0 Å². The molecule has 0 bridgehead atoms. The lowest BCUT2D eigenvalue weighted by Crippen LogP contribution is -2.17. The number of rotatable bonds is 3. The zero-order valence-corrected chi connectivity index (χ0v) is 10.2. The fraction of sp³-hybridized carbons (Fsp3) is 0.0769. The molecule has 0 atom stereocenters. The van der Waals surface area contributed by atoms with Crippen LogP contribution in [0.5, 0.6) is 5.75 Å². The van der Waals surface area contributed by atoms with Gasteiger partial charge in [-0.05, 0) is 24.3 Å². The maximum Gasteiger partial charge on any atom is 0.573 e. The van der Waals surface area contributed by atoms with Gasteiger partial charge < -0.3 is 9.84 Å². The van der Waals surface area contributed by atoms with Gasteiger partial charge in [0.05, 0.1) is 5.69 Å². The van der Waals surface area contributed by atoms with Gasteiger partial charge in [-0.2, -0.15) is 0 Å². The Morgan fingerprint density at radius 3 is 2.52 bits per heavy atom. The van der Waals surface area contributed by atoms with Crippen LogP contribution in [0.2, 0.25) is 0 Å². The van der Waals surface area contributed by atoms with Crippen molar-refractivity contribution in [2.24, 2.45) is 0 Å². The molecule has 0 unspecified atom stereocenters. The predicted molar refractivity (Wildman–Crippen MR) is 63.3 cm³/mol. The largest absolute Gasteiger partial charge is 0.573 e. The average molecular weight is 301 g/mol. The smallest absolute Gasteiger partial charge is 0.476 e. The molecule has 1 heterocycles. The third-order valence-corrected chi connectivity index (χ3v) is 2.41. The Labute approximate surface area is 115 Å². The first-order valence-corrected chi connectivity index (χ1v) is 5.52. The standard InChI is InChI=1S/C13H7F4NO3/c14-9-4-5-10(18-11(9)12(19)20)7-2-1-3-8(6-7)21-13(15,16)17/h1-6H,(H,19,20). The quantitative estimate of drug-likeness (QED) is 0.882. The predicted octanol–water partition coefficient (Wildman–Crippen LogP) is 3.48. The zero-order valence-electron chi connectivity index (χ0n) is 10.2. The van der Waals surface area contributed by atoms with Crippen LogP contribution >= 0.6 is 0 Å². The Hall–Kier alpha value is -2.64. The highest BCUT2D eigenvalue weighted by molar-refractivity contribution is 5.86. The molecule has 4 nitrogen and oxygen atoms in total. The molecule has 21 heavy (non-hydrogen) atoms. The van der Waals surface area contributed by atoms with Gasteiger partial charge in [0.2, 0.25) is 0 Å². The Morgan fingerprint density at radius 1 is 1.19 bits per heavy atom. The second-order valence-corrected chi connectivity index (χ2v) is 3.91. The third kappa shape index (κ3) is 3.68. The van der Waals surface area contributed by atoms with Crippen molar-refractivity contribution in [3.8, 4) is 17.0 Å². The lowest BCUT2D eigenvalue weighted by atomic mass is 10.1. The minimum Gasteiger partial charge on any atom is -0.476 e. The molecular weight excluding hydrogens is 294 g/mol. The first-order chi connectivity index (χ1) is 9.76. The zero-order chi connectivity index (χ0) is 15.6. The second-order valence-electron chi connectivity index (χ2n) is 3.91. The highest BCUT2D eigenvalue weighted by Crippen LogP contribution is 2.27. The molecule has 0 spiro atoms. The van der Waals surface area contributed by atoms with Crippen LogP contribution in [0.1, 0.15) is 10.5 Å². The number of hydrogen-bond donors (Lipinski definition) is 1. The summed E-state index contributed by atoms with van der Waals surface area (Å²) in [7, 11) is 0. The molecular formula is C13H7F4NO3. The molecule has 0 saturated carbocycles. The van der Waals surface area contributed by atoms with Gasteiger partial charge in [-0.25, -0.2) is 14.2 Å². The number of halogens is 4. The summed E-state index contributed by atoms with van der Waals surface area (Å²) in [5.41, 5.74) is -0.629. The van der Waals surface area contributed by atoms with Crippen LogP contribution < -0.4 is 4.74 Å². The summed E-state index contributed by atoms with van der Waals surface area (Å²) in [6.07, 6.45) is -4.85. The van der Waals surface area contributed by atoms with Crippen LogP contribution in [-0.2, 0) is 0 Å². The first-order valence-electron chi connectivity index (χ1n) is 5.52. The number of carboxylic acids is 1. The van der Waals surface area contributed by atoms with Crippen LogP contribution in [0.15, 0.2) is 36.4 Å². The fourth-order valence-electron chi connectivity index (χ4n) is 1.61. The topological polar surface area (TPSA) is 59.4 Å². The summed E-state index contributed by atoms with van der Waals surface area (Å²) in [5.74, 6) is -3.09. The minimum absolute atomic E-state index is 0.0152. The summed E-state index contributed by atoms with van der Waals surface area (Å²) < 4.78 is 53.4. The average Bonchev–Trinajstić information content (AvgIpc) is 2.37. The number of pyridine rings is 1. The monoisotopic (exact) mass is 301 g/mol. The van der Waals surface area contributed by atoms with E-state index in [-0.39, 0.29) is 11.3 Å². The molecule has 0 aliphatic carbocycles. The van der Waals surface area contributed by atoms with Gasteiger partial charge in [0.1, 0.15) is 5.75 Å². The second kappa shape index (κ2) is 5.39. The van der Waals surface area contributed by atoms with E-state index in [1.54, 1.807) is 0 Å². The molecule has 2 rings (SSSR count). The molecule has 0 saturated heterocycles. The van der Waals surface area contributed by atoms with Gasteiger partial charge in [-0.15, -0.1) is 13.2 Å². The third-order valence-electron chi connectivity index (χ3n) is 2.41. The van der Waals surface area contributed by atoms with Crippen molar-refractivity contribution in [1.29, 1.82) is 0 Å². The van der Waals surface area contributed by atoms with Crippen LogP contribution in [-0.4, -0.2) is 22.4 Å². The first kappa shape index (κ1) is 14.8. The number of alkyl halides is 3. The number of aromatic carboxylic acids is 1. The van der Waals surface area contributed by atoms with E-state index in [0.717, 1.165) is 24.3 Å². The van der Waals surface area contributed by atoms with Gasteiger partial charge >= 0.3 is 12.3 Å². The van der Waals surface area contributed by atoms with Crippen molar-refractivity contribution < 1.29 is 32.2 Å². The molecule has 0 aliphatic rings. The lowest BCUT2D eigenvalue weighted by molar-refractivity contribution is -0.274. The molecule has 0 fully saturated rings. The molecule has 0 radical (unpaired) electrons. The van der Waals surface area contributed by atoms with Crippen LogP contribution in [0.4, 0.5) is 17.6 Å². The van der Waals surface area contributed by atoms with E-state index in [1.165, 1.54) is 12.1 Å². The highest BCUT2D eigenvalue weighted by atomic mass is 19.4. The van der Waals surface area contributed by atoms with Gasteiger partial charge in [0, 0.05) is 5.56 Å². The van der Waals surface area contributed by atoms with Gasteiger partial charge in [-0.1, -0.05) is 12.1 Å². The maximum absolute atomic E-state index is 13.2. The number of hydrogen-bond acceptors (Lipinski definition) is 3. The van der Waals surface area contributed by atoms with E-state index >= 15 is 0 Å². The van der Waals surface area contributed by atoms with Crippen molar-refractivity contribution in [3.05, 3.63) is 47.9 Å². The number of carboxylic acid groups (broad SMARTS) is 1. The number of ether oxygens (including phenoxy) is 1. The van der Waals surface area contributed by atoms with Crippen molar-refractivity contribution in [2.75, 3.05) is 0 Å². The molecule has 1 aromatic carbocycles. The summed E-state index contributed by atoms with van der Waals surface area (Å²) in [6.45, 7) is 0. The van der Waals surface area contributed by atoms with Crippen molar-refractivity contribution >= 4 is 5.97 Å². The summed E-state index contributed by atoms with van der Waals surface area (Å²) in [5, 5.41) is 8.77. The number of aromatic nitrogens is 1. The van der Waals surface area contributed by atoms with E-state index in [9.17, 15) is 22.4 Å². The Kier molecular flexibility index (Phi) is 3.79. The fourth-order valence-corrected chi connectivity index (χ4v) is 1.61. The number of nitrogens with zero attached hydrogens (tertiary/aromatic N) is 1. The van der Waals surface area contributed by atoms with Gasteiger partial charge in [0.15, 0.2) is 11.5 Å². The number of benzene rings is 1. The van der Waals surface area contributed by atoms with Crippen molar-refractivity contribution in [1.82, 2.24) is 4.98 Å². The van der Waals surface area contributed by atoms with E-state index in [2.05, 4.69) is 9.72 Å². The normalized spacial score (nSPS) is 11.2.